The van der Waals surface area contributed by atoms with E-state index in [2.05, 4.69) is 5.32 Å². The second-order valence-electron chi connectivity index (χ2n) is 4.15. The number of amides is 1. The summed E-state index contributed by atoms with van der Waals surface area (Å²) in [7, 11) is 0. The quantitative estimate of drug-likeness (QED) is 0.678. The van der Waals surface area contributed by atoms with Crippen molar-refractivity contribution in [2.45, 2.75) is 18.9 Å². The molecule has 2 rings (SSSR count). The van der Waals surface area contributed by atoms with Crippen LogP contribution in [0, 0.1) is 0 Å². The Kier molecular flexibility index (Phi) is 3.49. The zero-order chi connectivity index (χ0) is 12.3. The summed E-state index contributed by atoms with van der Waals surface area (Å²) >= 11 is 0. The maximum absolute atomic E-state index is 11.3. The minimum atomic E-state index is -0.479. The van der Waals surface area contributed by atoms with Gasteiger partial charge in [-0.25, -0.2) is 0 Å². The van der Waals surface area contributed by atoms with Crippen LogP contribution in [-0.4, -0.2) is 25.2 Å². The van der Waals surface area contributed by atoms with Gasteiger partial charge in [0.2, 0.25) is 0 Å². The standard InChI is InChI=1S/C12H17N3O2/c13-10-5-1-4-9(12(14)16)11(10)15-7-8-3-2-6-17-8/h1,4-5,8,15H,2-3,6-7,13H2,(H2,14,16). The van der Waals surface area contributed by atoms with Crippen molar-refractivity contribution < 1.29 is 9.53 Å². The number of carbonyl (C=O) groups excluding carboxylic acids is 1. The molecule has 0 bridgehead atoms. The van der Waals surface area contributed by atoms with Crippen LogP contribution >= 0.6 is 0 Å². The minimum absolute atomic E-state index is 0.190. The van der Waals surface area contributed by atoms with E-state index in [0.29, 0.717) is 23.5 Å². The zero-order valence-electron chi connectivity index (χ0n) is 9.61. The van der Waals surface area contributed by atoms with Crippen LogP contribution in [0.4, 0.5) is 11.4 Å². The second-order valence-corrected chi connectivity index (χ2v) is 4.15. The van der Waals surface area contributed by atoms with Crippen molar-refractivity contribution in [2.75, 3.05) is 24.2 Å². The molecule has 0 radical (unpaired) electrons. The lowest BCUT2D eigenvalue weighted by atomic mass is 10.1. The average Bonchev–Trinajstić information content (AvgIpc) is 2.80. The Morgan fingerprint density at radius 3 is 3.00 bits per heavy atom. The Morgan fingerprint density at radius 1 is 1.53 bits per heavy atom. The summed E-state index contributed by atoms with van der Waals surface area (Å²) < 4.78 is 5.50. The molecule has 1 saturated heterocycles. The van der Waals surface area contributed by atoms with Gasteiger partial charge in [-0.15, -0.1) is 0 Å². The summed E-state index contributed by atoms with van der Waals surface area (Å²) in [6.45, 7) is 1.45. The average molecular weight is 235 g/mol. The Hall–Kier alpha value is -1.75. The highest BCUT2D eigenvalue weighted by atomic mass is 16.5. The van der Waals surface area contributed by atoms with Crippen LogP contribution in [0.2, 0.25) is 0 Å². The molecule has 0 spiro atoms. The zero-order valence-corrected chi connectivity index (χ0v) is 9.61. The molecule has 0 aliphatic carbocycles. The number of carbonyl (C=O) groups is 1. The van der Waals surface area contributed by atoms with Gasteiger partial charge in [0, 0.05) is 13.2 Å². The third-order valence-electron chi connectivity index (χ3n) is 2.89. The number of hydrogen-bond donors (Lipinski definition) is 3. The number of ether oxygens (including phenoxy) is 1. The van der Waals surface area contributed by atoms with Gasteiger partial charge in [0.15, 0.2) is 0 Å². The molecular weight excluding hydrogens is 218 g/mol. The summed E-state index contributed by atoms with van der Waals surface area (Å²) in [5, 5.41) is 3.15. The van der Waals surface area contributed by atoms with E-state index < -0.39 is 5.91 Å². The van der Waals surface area contributed by atoms with Crippen LogP contribution < -0.4 is 16.8 Å². The van der Waals surface area contributed by atoms with Crippen molar-refractivity contribution in [2.24, 2.45) is 5.73 Å². The molecular formula is C12H17N3O2. The van der Waals surface area contributed by atoms with Crippen LogP contribution in [0.25, 0.3) is 0 Å². The van der Waals surface area contributed by atoms with Crippen LogP contribution in [-0.2, 0) is 4.74 Å². The highest BCUT2D eigenvalue weighted by Gasteiger charge is 2.17. The molecule has 1 atom stereocenters. The van der Waals surface area contributed by atoms with Crippen LogP contribution in [0.15, 0.2) is 18.2 Å². The van der Waals surface area contributed by atoms with Gasteiger partial charge in [0.1, 0.15) is 0 Å². The maximum Gasteiger partial charge on any atom is 0.250 e. The summed E-state index contributed by atoms with van der Waals surface area (Å²) in [5.74, 6) is -0.479. The number of rotatable bonds is 4. The number of primary amides is 1. The second kappa shape index (κ2) is 5.05. The van der Waals surface area contributed by atoms with Crippen molar-refractivity contribution in [3.05, 3.63) is 23.8 Å². The number of nitrogen functional groups attached to an aromatic ring is 1. The number of nitrogens with one attached hydrogen (secondary N) is 1. The monoisotopic (exact) mass is 235 g/mol. The lowest BCUT2D eigenvalue weighted by Crippen LogP contribution is -2.22. The Balaban J connectivity index is 2.10. The fourth-order valence-corrected chi connectivity index (χ4v) is 1.99. The van der Waals surface area contributed by atoms with Gasteiger partial charge in [-0.3, -0.25) is 4.79 Å². The Bertz CT molecular complexity index is 414. The first-order chi connectivity index (χ1) is 8.18. The summed E-state index contributed by atoms with van der Waals surface area (Å²) in [4.78, 5) is 11.3. The molecule has 1 aromatic rings. The molecule has 1 amide bonds. The lowest BCUT2D eigenvalue weighted by Gasteiger charge is -2.15. The summed E-state index contributed by atoms with van der Waals surface area (Å²) in [6, 6.07) is 5.12. The van der Waals surface area contributed by atoms with Crippen molar-refractivity contribution in [1.29, 1.82) is 0 Å². The third kappa shape index (κ3) is 2.68. The van der Waals surface area contributed by atoms with E-state index in [4.69, 9.17) is 16.2 Å². The molecule has 5 nitrogen and oxygen atoms in total. The van der Waals surface area contributed by atoms with Crippen molar-refractivity contribution in [3.63, 3.8) is 0 Å². The highest BCUT2D eigenvalue weighted by Crippen LogP contribution is 2.24. The van der Waals surface area contributed by atoms with Crippen LogP contribution in [0.3, 0.4) is 0 Å². The fourth-order valence-electron chi connectivity index (χ4n) is 1.99. The molecule has 1 unspecified atom stereocenters. The highest BCUT2D eigenvalue weighted by molar-refractivity contribution is 6.01. The van der Waals surface area contributed by atoms with Gasteiger partial charge >= 0.3 is 0 Å². The third-order valence-corrected chi connectivity index (χ3v) is 2.89. The van der Waals surface area contributed by atoms with Crippen LogP contribution in [0.5, 0.6) is 0 Å². The normalized spacial score (nSPS) is 19.2. The molecule has 1 heterocycles. The molecule has 0 saturated carbocycles. The van der Waals surface area contributed by atoms with Gasteiger partial charge < -0.3 is 21.5 Å². The lowest BCUT2D eigenvalue weighted by molar-refractivity contribution is 0.100. The SMILES string of the molecule is NC(=O)c1cccc(N)c1NCC1CCCO1. The summed E-state index contributed by atoms with van der Waals surface area (Å²) in [5.41, 5.74) is 12.7. The van der Waals surface area contributed by atoms with E-state index >= 15 is 0 Å². The number of anilines is 2. The molecule has 1 fully saturated rings. The van der Waals surface area contributed by atoms with Crippen molar-refractivity contribution in [3.8, 4) is 0 Å². The van der Waals surface area contributed by atoms with E-state index in [0.717, 1.165) is 19.4 Å². The van der Waals surface area contributed by atoms with E-state index in [-0.39, 0.29) is 6.10 Å². The first-order valence-electron chi connectivity index (χ1n) is 5.72. The van der Waals surface area contributed by atoms with E-state index in [1.165, 1.54) is 0 Å². The van der Waals surface area contributed by atoms with Gasteiger partial charge in [-0.1, -0.05) is 6.07 Å². The van der Waals surface area contributed by atoms with Crippen molar-refractivity contribution in [1.82, 2.24) is 0 Å². The Morgan fingerprint density at radius 2 is 2.35 bits per heavy atom. The van der Waals surface area contributed by atoms with Crippen molar-refractivity contribution >= 4 is 17.3 Å². The molecule has 5 N–H and O–H groups in total. The Labute approximate surface area is 100 Å². The molecule has 1 aliphatic heterocycles. The van der Waals surface area contributed by atoms with E-state index in [9.17, 15) is 4.79 Å². The molecule has 17 heavy (non-hydrogen) atoms. The molecule has 0 aromatic heterocycles. The number of nitrogens with two attached hydrogens (primary N) is 2. The van der Waals surface area contributed by atoms with E-state index in [1.54, 1.807) is 18.2 Å². The minimum Gasteiger partial charge on any atom is -0.397 e. The predicted octanol–water partition coefficient (Wildman–Crippen LogP) is 0.959. The van der Waals surface area contributed by atoms with Gasteiger partial charge in [-0.2, -0.15) is 0 Å². The predicted molar refractivity (Wildman–Crippen MR) is 66.8 cm³/mol. The smallest absolute Gasteiger partial charge is 0.250 e. The first-order valence-corrected chi connectivity index (χ1v) is 5.72. The topological polar surface area (TPSA) is 90.4 Å². The largest absolute Gasteiger partial charge is 0.397 e. The van der Waals surface area contributed by atoms with Gasteiger partial charge in [-0.05, 0) is 25.0 Å². The maximum atomic E-state index is 11.3. The number of hydrogen-bond acceptors (Lipinski definition) is 4. The molecule has 1 aliphatic rings. The fraction of sp³-hybridized carbons (Fsp3) is 0.417. The number of benzene rings is 1. The first kappa shape index (κ1) is 11.7. The number of para-hydroxylation sites is 1. The van der Waals surface area contributed by atoms with Crippen LogP contribution in [0.1, 0.15) is 23.2 Å². The van der Waals surface area contributed by atoms with Gasteiger partial charge in [0.25, 0.3) is 5.91 Å². The van der Waals surface area contributed by atoms with E-state index in [1.807, 2.05) is 0 Å². The van der Waals surface area contributed by atoms with Gasteiger partial charge in [0.05, 0.1) is 23.0 Å². The molecule has 92 valence electrons. The molecule has 5 heteroatoms. The molecule has 1 aromatic carbocycles. The summed E-state index contributed by atoms with van der Waals surface area (Å²) in [6.07, 6.45) is 2.31.